The lowest BCUT2D eigenvalue weighted by molar-refractivity contribution is 0.0238. The van der Waals surface area contributed by atoms with E-state index in [1.165, 1.54) is 57.8 Å². The molecule has 0 amide bonds. The number of unbranched alkanes of at least 4 members (excludes halogenated alkanes) is 9. The third-order valence-electron chi connectivity index (χ3n) is 4.51. The van der Waals surface area contributed by atoms with Crippen LogP contribution in [0.5, 0.6) is 0 Å². The first-order chi connectivity index (χ1) is 12.7. The third-order valence-corrected chi connectivity index (χ3v) is 4.51. The van der Waals surface area contributed by atoms with Crippen molar-refractivity contribution in [2.75, 3.05) is 26.4 Å². The highest BCUT2D eigenvalue weighted by molar-refractivity contribution is 4.92. The molecule has 0 radical (unpaired) electrons. The van der Waals surface area contributed by atoms with Crippen LogP contribution < -0.4 is 5.73 Å². The Hall–Kier alpha value is -0.680. The van der Waals surface area contributed by atoms with E-state index in [-0.39, 0.29) is 19.8 Å². The van der Waals surface area contributed by atoms with Crippen LogP contribution >= 0.6 is 0 Å². The summed E-state index contributed by atoms with van der Waals surface area (Å²) < 4.78 is 5.44. The van der Waals surface area contributed by atoms with Gasteiger partial charge in [0.1, 0.15) is 0 Å². The van der Waals surface area contributed by atoms with Crippen molar-refractivity contribution in [2.24, 2.45) is 5.73 Å². The zero-order valence-electron chi connectivity index (χ0n) is 17.0. The Balaban J connectivity index is 3.27. The molecule has 26 heavy (non-hydrogen) atoms. The van der Waals surface area contributed by atoms with Crippen molar-refractivity contribution in [3.8, 4) is 0 Å². The summed E-state index contributed by atoms with van der Waals surface area (Å²) in [5.41, 5.74) is 4.73. The monoisotopic (exact) mass is 369 g/mol. The van der Waals surface area contributed by atoms with Gasteiger partial charge in [-0.2, -0.15) is 0 Å². The van der Waals surface area contributed by atoms with Crippen molar-refractivity contribution in [3.63, 3.8) is 0 Å². The van der Waals surface area contributed by atoms with Crippen molar-refractivity contribution in [3.05, 3.63) is 24.3 Å². The molecule has 0 aliphatic carbocycles. The predicted molar refractivity (Wildman–Crippen MR) is 111 cm³/mol. The van der Waals surface area contributed by atoms with Crippen molar-refractivity contribution in [1.82, 2.24) is 0 Å². The molecule has 4 heteroatoms. The molecule has 0 heterocycles. The second-order valence-electron chi connectivity index (χ2n) is 7.32. The minimum absolute atomic E-state index is 0.209. The first-order valence-electron chi connectivity index (χ1n) is 10.6. The summed E-state index contributed by atoms with van der Waals surface area (Å²) in [6.07, 6.45) is 23.9. The van der Waals surface area contributed by atoms with E-state index in [1.54, 1.807) is 0 Å². The number of nitrogens with two attached hydrogens (primary N) is 1. The quantitative estimate of drug-likeness (QED) is 0.231. The Morgan fingerprint density at radius 3 is 1.88 bits per heavy atom. The number of allylic oxidation sites excluding steroid dienone is 4. The lowest BCUT2D eigenvalue weighted by atomic mass is 10.1. The van der Waals surface area contributed by atoms with Crippen LogP contribution in [0, 0.1) is 0 Å². The maximum atomic E-state index is 9.06. The van der Waals surface area contributed by atoms with E-state index < -0.39 is 5.54 Å². The van der Waals surface area contributed by atoms with Gasteiger partial charge < -0.3 is 20.7 Å². The Kier molecular flexibility index (Phi) is 18.6. The zero-order valence-corrected chi connectivity index (χ0v) is 17.0. The lowest BCUT2D eigenvalue weighted by Crippen LogP contribution is -2.51. The van der Waals surface area contributed by atoms with Crippen molar-refractivity contribution in [1.29, 1.82) is 0 Å². The number of rotatable bonds is 19. The second-order valence-corrected chi connectivity index (χ2v) is 7.32. The van der Waals surface area contributed by atoms with E-state index in [4.69, 9.17) is 20.7 Å². The second kappa shape index (κ2) is 19.1. The Morgan fingerprint density at radius 2 is 1.31 bits per heavy atom. The first-order valence-corrected chi connectivity index (χ1v) is 10.6. The van der Waals surface area contributed by atoms with Gasteiger partial charge in [0.15, 0.2) is 0 Å². The average molecular weight is 370 g/mol. The molecule has 0 fully saturated rings. The van der Waals surface area contributed by atoms with E-state index in [9.17, 15) is 0 Å². The number of aliphatic hydroxyl groups is 2. The molecule has 0 saturated heterocycles. The van der Waals surface area contributed by atoms with Gasteiger partial charge in [0.2, 0.25) is 0 Å². The largest absolute Gasteiger partial charge is 0.394 e. The molecule has 0 unspecified atom stereocenters. The molecule has 0 aliphatic rings. The van der Waals surface area contributed by atoms with E-state index >= 15 is 0 Å². The summed E-state index contributed by atoms with van der Waals surface area (Å²) in [7, 11) is 0. The molecule has 0 atom stereocenters. The number of hydrogen-bond acceptors (Lipinski definition) is 4. The average Bonchev–Trinajstić information content (AvgIpc) is 2.66. The van der Waals surface area contributed by atoms with Crippen LogP contribution in [0.25, 0.3) is 0 Å². The highest BCUT2D eigenvalue weighted by atomic mass is 16.5. The van der Waals surface area contributed by atoms with E-state index in [1.807, 2.05) is 0 Å². The Morgan fingerprint density at radius 1 is 0.769 bits per heavy atom. The molecule has 0 rings (SSSR count). The summed E-state index contributed by atoms with van der Waals surface area (Å²) in [5, 5.41) is 18.1. The van der Waals surface area contributed by atoms with Crippen LogP contribution in [0.4, 0.5) is 0 Å². The smallest absolute Gasteiger partial charge is 0.0859 e. The minimum Gasteiger partial charge on any atom is -0.394 e. The molecule has 0 aromatic carbocycles. The van der Waals surface area contributed by atoms with Gasteiger partial charge in [0.05, 0.1) is 25.4 Å². The van der Waals surface area contributed by atoms with Gasteiger partial charge in [-0.15, -0.1) is 0 Å². The van der Waals surface area contributed by atoms with Gasteiger partial charge in [-0.3, -0.25) is 0 Å². The number of aliphatic hydroxyl groups excluding tert-OH is 2. The van der Waals surface area contributed by atoms with E-state index in [0.29, 0.717) is 6.61 Å². The zero-order chi connectivity index (χ0) is 19.3. The van der Waals surface area contributed by atoms with Crippen molar-refractivity contribution in [2.45, 2.75) is 89.5 Å². The molecule has 0 aromatic rings. The molecule has 0 aromatic heterocycles. The van der Waals surface area contributed by atoms with Gasteiger partial charge in [-0.25, -0.2) is 0 Å². The van der Waals surface area contributed by atoms with Crippen LogP contribution in [-0.4, -0.2) is 42.2 Å². The van der Waals surface area contributed by atoms with Crippen LogP contribution in [-0.2, 0) is 4.74 Å². The van der Waals surface area contributed by atoms with E-state index in [2.05, 4.69) is 31.2 Å². The molecule has 0 saturated carbocycles. The lowest BCUT2D eigenvalue weighted by Gasteiger charge is -2.24. The standard InChI is InChI=1S/C22H43NO3/c1-2-3-4-5-6-7-8-9-10-11-12-13-14-15-16-17-18-26-21-22(23,19-24)20-25/h6-7,9-10,24-25H,2-5,8,11-21,23H2,1H3. The topological polar surface area (TPSA) is 75.7 Å². The maximum Gasteiger partial charge on any atom is 0.0859 e. The summed E-state index contributed by atoms with van der Waals surface area (Å²) in [5.74, 6) is 0. The molecule has 0 bridgehead atoms. The van der Waals surface area contributed by atoms with Crippen molar-refractivity contribution < 1.29 is 14.9 Å². The molecule has 0 spiro atoms. The normalized spacial score (nSPS) is 12.6. The number of hydrogen-bond donors (Lipinski definition) is 3. The third kappa shape index (κ3) is 16.8. The molecule has 4 nitrogen and oxygen atoms in total. The molecule has 154 valence electrons. The molecule has 4 N–H and O–H groups in total. The fourth-order valence-electron chi connectivity index (χ4n) is 2.61. The fraction of sp³-hybridized carbons (Fsp3) is 0.818. The Labute approximate surface area is 161 Å². The van der Waals surface area contributed by atoms with Crippen molar-refractivity contribution >= 4 is 0 Å². The summed E-state index contributed by atoms with van der Waals surface area (Å²) in [6.45, 7) is 2.58. The van der Waals surface area contributed by atoms with Gasteiger partial charge in [-0.05, 0) is 38.5 Å². The number of ether oxygens (including phenoxy) is 1. The first kappa shape index (κ1) is 25.3. The van der Waals surface area contributed by atoms with Crippen LogP contribution in [0.2, 0.25) is 0 Å². The molecular weight excluding hydrogens is 326 g/mol. The molecule has 0 aliphatic heterocycles. The van der Waals surface area contributed by atoms with Crippen LogP contribution in [0.15, 0.2) is 24.3 Å². The minimum atomic E-state index is -1.00. The summed E-state index contributed by atoms with van der Waals surface area (Å²) in [6, 6.07) is 0. The van der Waals surface area contributed by atoms with Gasteiger partial charge in [-0.1, -0.05) is 69.8 Å². The van der Waals surface area contributed by atoms with E-state index in [0.717, 1.165) is 19.3 Å². The van der Waals surface area contributed by atoms with Crippen LogP contribution in [0.1, 0.15) is 84.0 Å². The fourth-order valence-corrected chi connectivity index (χ4v) is 2.61. The van der Waals surface area contributed by atoms with Crippen LogP contribution in [0.3, 0.4) is 0 Å². The highest BCUT2D eigenvalue weighted by Crippen LogP contribution is 2.09. The van der Waals surface area contributed by atoms with Gasteiger partial charge >= 0.3 is 0 Å². The SMILES string of the molecule is CCCCCC=CCC=CCCCCCCCCOCC(N)(CO)CO. The predicted octanol–water partition coefficient (Wildman–Crippen LogP) is 4.50. The summed E-state index contributed by atoms with van der Waals surface area (Å²) >= 11 is 0. The van der Waals surface area contributed by atoms with Gasteiger partial charge in [0.25, 0.3) is 0 Å². The van der Waals surface area contributed by atoms with Gasteiger partial charge in [0, 0.05) is 6.61 Å². The molecular formula is C22H43NO3. The maximum absolute atomic E-state index is 9.06. The summed E-state index contributed by atoms with van der Waals surface area (Å²) in [4.78, 5) is 0. The highest BCUT2D eigenvalue weighted by Gasteiger charge is 2.22. The Bertz CT molecular complexity index is 338.